The van der Waals surface area contributed by atoms with Crippen LogP contribution < -0.4 is 15.6 Å². The smallest absolute Gasteiger partial charge is 0.263 e. The molecule has 0 radical (unpaired) electrons. The average Bonchev–Trinajstić information content (AvgIpc) is 3.34. The first kappa shape index (κ1) is 24.1. The molecule has 2 aromatic carbocycles. The Bertz CT molecular complexity index is 1590. The molecular formula is C29H23F2N3O3. The molecule has 0 bridgehead atoms. The minimum atomic E-state index is -0.994. The van der Waals surface area contributed by atoms with Crippen LogP contribution in [0.3, 0.4) is 0 Å². The lowest BCUT2D eigenvalue weighted by Crippen LogP contribution is -2.32. The molecule has 2 aromatic heterocycles. The Kier molecular flexibility index (Phi) is 6.64. The number of hydrogen-bond acceptors (Lipinski definition) is 4. The molecule has 4 aromatic rings. The van der Waals surface area contributed by atoms with Crippen molar-refractivity contribution >= 4 is 11.5 Å². The normalized spacial score (nSPS) is 12.1. The van der Waals surface area contributed by atoms with Crippen LogP contribution in [0, 0.1) is 11.6 Å². The molecule has 1 aliphatic carbocycles. The fourth-order valence-electron chi connectivity index (χ4n) is 4.43. The lowest BCUT2D eigenvalue weighted by Gasteiger charge is -2.14. The van der Waals surface area contributed by atoms with Gasteiger partial charge in [-0.3, -0.25) is 14.6 Å². The monoisotopic (exact) mass is 499 g/mol. The molecule has 0 saturated heterocycles. The second-order valence-corrected chi connectivity index (χ2v) is 8.64. The Morgan fingerprint density at radius 3 is 2.68 bits per heavy atom. The Balaban J connectivity index is 1.34. The number of carbonyl (C=O) groups is 1. The molecule has 5 rings (SSSR count). The Morgan fingerprint density at radius 1 is 1.03 bits per heavy atom. The number of hydrogen-bond donors (Lipinski definition) is 1. The first-order chi connectivity index (χ1) is 17.9. The Morgan fingerprint density at radius 2 is 1.86 bits per heavy atom. The molecule has 6 nitrogen and oxygen atoms in total. The van der Waals surface area contributed by atoms with E-state index in [4.69, 9.17) is 4.74 Å². The zero-order valence-corrected chi connectivity index (χ0v) is 20.0. The summed E-state index contributed by atoms with van der Waals surface area (Å²) < 4.78 is 33.6. The maximum absolute atomic E-state index is 13.6. The Hall–Kier alpha value is -4.59. The lowest BCUT2D eigenvalue weighted by molar-refractivity contribution is 0.0948. The van der Waals surface area contributed by atoms with Gasteiger partial charge in [-0.05, 0) is 59.2 Å². The number of benzene rings is 2. The van der Waals surface area contributed by atoms with Gasteiger partial charge in [0.15, 0.2) is 11.6 Å². The van der Waals surface area contributed by atoms with Gasteiger partial charge in [-0.1, -0.05) is 24.3 Å². The number of nitrogens with zero attached hydrogens (tertiary/aromatic N) is 2. The summed E-state index contributed by atoms with van der Waals surface area (Å²) in [6, 6.07) is 16.0. The van der Waals surface area contributed by atoms with Crippen LogP contribution in [0.2, 0.25) is 0 Å². The van der Waals surface area contributed by atoms with Crippen LogP contribution in [0.1, 0.15) is 38.3 Å². The van der Waals surface area contributed by atoms with Crippen LogP contribution >= 0.6 is 0 Å². The third-order valence-corrected chi connectivity index (χ3v) is 6.29. The quantitative estimate of drug-likeness (QED) is 0.407. The standard InChI is InChI=1S/C29H23F2N3O3/c1-37-27-11-7-18(14-23(27)20-8-10-26-21(20)4-2-12-32-26)16-33-28(35)22-5-3-13-34(29(22)36)17-19-6-9-24(30)25(31)15-19/h2-9,11-15H,10,16-17H2,1H3,(H,33,35). The second kappa shape index (κ2) is 10.2. The van der Waals surface area contributed by atoms with Gasteiger partial charge in [0.05, 0.1) is 19.3 Å². The van der Waals surface area contributed by atoms with Crippen LogP contribution in [0.4, 0.5) is 8.78 Å². The van der Waals surface area contributed by atoms with E-state index in [1.165, 1.54) is 22.9 Å². The highest BCUT2D eigenvalue weighted by molar-refractivity contribution is 5.93. The molecule has 0 unspecified atom stereocenters. The van der Waals surface area contributed by atoms with E-state index >= 15 is 0 Å². The van der Waals surface area contributed by atoms with Crippen molar-refractivity contribution in [3.8, 4) is 5.75 Å². The van der Waals surface area contributed by atoms with Crippen molar-refractivity contribution < 1.29 is 18.3 Å². The van der Waals surface area contributed by atoms with Crippen molar-refractivity contribution in [2.24, 2.45) is 0 Å². The van der Waals surface area contributed by atoms with Crippen molar-refractivity contribution in [2.75, 3.05) is 7.11 Å². The number of pyridine rings is 2. The third-order valence-electron chi connectivity index (χ3n) is 6.29. The number of nitrogens with one attached hydrogen (secondary N) is 1. The van der Waals surface area contributed by atoms with E-state index in [0.29, 0.717) is 11.3 Å². The topological polar surface area (TPSA) is 73.2 Å². The summed E-state index contributed by atoms with van der Waals surface area (Å²) in [4.78, 5) is 30.2. The predicted molar refractivity (Wildman–Crippen MR) is 135 cm³/mol. The third kappa shape index (κ3) is 4.91. The van der Waals surface area contributed by atoms with Gasteiger partial charge in [0.1, 0.15) is 11.3 Å². The van der Waals surface area contributed by atoms with Gasteiger partial charge >= 0.3 is 0 Å². The molecule has 2 heterocycles. The lowest BCUT2D eigenvalue weighted by atomic mass is 9.98. The molecule has 0 saturated carbocycles. The summed E-state index contributed by atoms with van der Waals surface area (Å²) in [5, 5.41) is 2.80. The number of amides is 1. The number of ether oxygens (including phenoxy) is 1. The van der Waals surface area contributed by atoms with Gasteiger partial charge in [-0.25, -0.2) is 8.78 Å². The fourth-order valence-corrected chi connectivity index (χ4v) is 4.43. The molecule has 0 fully saturated rings. The summed E-state index contributed by atoms with van der Waals surface area (Å²) in [5.41, 5.74) is 4.64. The summed E-state index contributed by atoms with van der Waals surface area (Å²) >= 11 is 0. The summed E-state index contributed by atoms with van der Waals surface area (Å²) in [5.74, 6) is -1.78. The van der Waals surface area contributed by atoms with Crippen molar-refractivity contribution in [1.29, 1.82) is 0 Å². The van der Waals surface area contributed by atoms with E-state index in [1.807, 2.05) is 30.3 Å². The van der Waals surface area contributed by atoms with Gasteiger partial charge in [0.2, 0.25) is 0 Å². The van der Waals surface area contributed by atoms with Crippen molar-refractivity contribution in [3.05, 3.63) is 135 Å². The maximum atomic E-state index is 13.6. The number of methoxy groups -OCH3 is 1. The van der Waals surface area contributed by atoms with Crippen LogP contribution in [0.15, 0.2) is 83.9 Å². The maximum Gasteiger partial charge on any atom is 0.263 e. The molecule has 1 aliphatic rings. The number of aromatic nitrogens is 2. The van der Waals surface area contributed by atoms with E-state index in [2.05, 4.69) is 16.4 Å². The second-order valence-electron chi connectivity index (χ2n) is 8.64. The molecule has 37 heavy (non-hydrogen) atoms. The van der Waals surface area contributed by atoms with Crippen LogP contribution in [0.25, 0.3) is 5.57 Å². The molecule has 8 heteroatoms. The van der Waals surface area contributed by atoms with Gasteiger partial charge in [0, 0.05) is 36.5 Å². The average molecular weight is 500 g/mol. The number of allylic oxidation sites excluding steroid dienone is 1. The molecule has 1 amide bonds. The fraction of sp³-hybridized carbons (Fsp3) is 0.138. The van der Waals surface area contributed by atoms with Gasteiger partial charge in [-0.15, -0.1) is 0 Å². The van der Waals surface area contributed by atoms with Crippen molar-refractivity contribution in [1.82, 2.24) is 14.9 Å². The summed E-state index contributed by atoms with van der Waals surface area (Å²) in [6.45, 7) is 0.199. The minimum Gasteiger partial charge on any atom is -0.496 e. The molecule has 1 N–H and O–H groups in total. The molecule has 0 aliphatic heterocycles. The van der Waals surface area contributed by atoms with Crippen molar-refractivity contribution in [2.45, 2.75) is 19.5 Å². The summed E-state index contributed by atoms with van der Waals surface area (Å²) in [7, 11) is 1.61. The highest BCUT2D eigenvalue weighted by Crippen LogP contribution is 2.36. The predicted octanol–water partition coefficient (Wildman–Crippen LogP) is 4.50. The molecule has 0 spiro atoms. The number of carbonyl (C=O) groups excluding carboxylic acids is 1. The van der Waals surface area contributed by atoms with Crippen molar-refractivity contribution in [3.63, 3.8) is 0 Å². The number of rotatable bonds is 7. The first-order valence-corrected chi connectivity index (χ1v) is 11.7. The van der Waals surface area contributed by atoms with Crippen LogP contribution in [-0.4, -0.2) is 22.6 Å². The first-order valence-electron chi connectivity index (χ1n) is 11.7. The van der Waals surface area contributed by atoms with Gasteiger partial charge in [0.25, 0.3) is 11.5 Å². The van der Waals surface area contributed by atoms with Gasteiger partial charge in [-0.2, -0.15) is 0 Å². The van der Waals surface area contributed by atoms with Crippen LogP contribution in [0.5, 0.6) is 5.75 Å². The number of halogens is 2. The Labute approximate surface area is 211 Å². The zero-order chi connectivity index (χ0) is 25.9. The van der Waals surface area contributed by atoms with E-state index in [9.17, 15) is 18.4 Å². The molecule has 0 atom stereocenters. The molecular weight excluding hydrogens is 476 g/mol. The van der Waals surface area contributed by atoms with E-state index in [0.717, 1.165) is 46.5 Å². The van der Waals surface area contributed by atoms with Gasteiger partial charge < -0.3 is 14.6 Å². The van der Waals surface area contributed by atoms with E-state index < -0.39 is 23.1 Å². The largest absolute Gasteiger partial charge is 0.496 e. The van der Waals surface area contributed by atoms with E-state index in [-0.39, 0.29) is 18.7 Å². The minimum absolute atomic E-state index is 0.00440. The summed E-state index contributed by atoms with van der Waals surface area (Å²) in [6.07, 6.45) is 6.12. The highest BCUT2D eigenvalue weighted by Gasteiger charge is 2.20. The SMILES string of the molecule is COc1ccc(CNC(=O)c2cccn(Cc3ccc(F)c(F)c3)c2=O)cc1C1=CCc2ncccc21. The van der Waals surface area contributed by atoms with Crippen LogP contribution in [-0.2, 0) is 19.5 Å². The highest BCUT2D eigenvalue weighted by atomic mass is 19.2. The number of fused-ring (bicyclic) bond motifs is 1. The zero-order valence-electron chi connectivity index (χ0n) is 20.0. The van der Waals surface area contributed by atoms with E-state index in [1.54, 1.807) is 19.4 Å². The molecule has 186 valence electrons.